The molecule has 2 N–H and O–H groups in total. The van der Waals surface area contributed by atoms with Crippen molar-refractivity contribution >= 4 is 5.97 Å². The minimum atomic E-state index is -0.933. The zero-order valence-corrected chi connectivity index (χ0v) is 15.3. The summed E-state index contributed by atoms with van der Waals surface area (Å²) in [6.45, 7) is 11.8. The number of esters is 1. The van der Waals surface area contributed by atoms with Crippen LogP contribution in [0.4, 0.5) is 0 Å². The van der Waals surface area contributed by atoms with Gasteiger partial charge in [0, 0.05) is 5.57 Å². The van der Waals surface area contributed by atoms with Gasteiger partial charge in [-0.25, -0.2) is 4.79 Å². The molecule has 3 aliphatic heterocycles. The molecule has 0 aromatic rings. The number of hydrogen-bond acceptors (Lipinski definition) is 5. The van der Waals surface area contributed by atoms with Crippen LogP contribution in [0.2, 0.25) is 0 Å². The van der Waals surface area contributed by atoms with E-state index in [0.29, 0.717) is 37.7 Å². The molecular weight excluding hydrogens is 320 g/mol. The predicted molar refractivity (Wildman–Crippen MR) is 93.9 cm³/mol. The first-order chi connectivity index (χ1) is 11.6. The predicted octanol–water partition coefficient (Wildman–Crippen LogP) is 2.65. The Morgan fingerprint density at radius 1 is 1.04 bits per heavy atom. The molecule has 3 heterocycles. The lowest BCUT2D eigenvalue weighted by molar-refractivity contribution is -0.165. The molecule has 0 saturated carbocycles. The molecule has 0 spiro atoms. The van der Waals surface area contributed by atoms with Crippen LogP contribution in [0.3, 0.4) is 0 Å². The molecule has 140 valence electrons. The molecule has 0 radical (unpaired) electrons. The summed E-state index contributed by atoms with van der Waals surface area (Å²) >= 11 is 0. The average molecular weight is 350 g/mol. The van der Waals surface area contributed by atoms with E-state index in [1.807, 2.05) is 6.92 Å². The molecule has 3 fully saturated rings. The van der Waals surface area contributed by atoms with Gasteiger partial charge in [0.2, 0.25) is 0 Å². The van der Waals surface area contributed by atoms with Crippen LogP contribution in [0.25, 0.3) is 0 Å². The van der Waals surface area contributed by atoms with Gasteiger partial charge in [0.25, 0.3) is 0 Å². The second-order valence-electron chi connectivity index (χ2n) is 8.39. The van der Waals surface area contributed by atoms with Crippen molar-refractivity contribution in [2.24, 2.45) is 5.92 Å². The van der Waals surface area contributed by atoms with E-state index < -0.39 is 29.4 Å². The fraction of sp³-hybridized carbons (Fsp3) is 0.750. The quantitative estimate of drug-likeness (QED) is 0.399. The van der Waals surface area contributed by atoms with Crippen molar-refractivity contribution in [3.05, 3.63) is 24.3 Å². The molecule has 0 amide bonds. The summed E-state index contributed by atoms with van der Waals surface area (Å²) < 4.78 is 11.8. The summed E-state index contributed by atoms with van der Waals surface area (Å²) in [7, 11) is 0. The highest BCUT2D eigenvalue weighted by atomic mass is 16.6. The van der Waals surface area contributed by atoms with Gasteiger partial charge in [0.15, 0.2) is 0 Å². The average Bonchev–Trinajstić information content (AvgIpc) is 2.93. The van der Waals surface area contributed by atoms with Crippen molar-refractivity contribution in [1.29, 1.82) is 0 Å². The van der Waals surface area contributed by atoms with Crippen molar-refractivity contribution in [3.8, 4) is 0 Å². The molecule has 3 aliphatic rings. The smallest absolute Gasteiger partial charge is 0.334 e. The Hall–Kier alpha value is -1.17. The summed E-state index contributed by atoms with van der Waals surface area (Å²) in [6.07, 6.45) is 2.71. The van der Waals surface area contributed by atoms with Gasteiger partial charge in [-0.2, -0.15) is 0 Å². The molecule has 6 atom stereocenters. The molecule has 5 nitrogen and oxygen atoms in total. The van der Waals surface area contributed by atoms with Gasteiger partial charge in [0.1, 0.15) is 5.60 Å². The first kappa shape index (κ1) is 18.6. The van der Waals surface area contributed by atoms with Crippen LogP contribution >= 0.6 is 0 Å². The lowest BCUT2D eigenvalue weighted by atomic mass is 9.81. The van der Waals surface area contributed by atoms with E-state index in [4.69, 9.17) is 9.47 Å². The van der Waals surface area contributed by atoms with E-state index in [2.05, 4.69) is 13.2 Å². The summed E-state index contributed by atoms with van der Waals surface area (Å²) in [5, 5.41) is 21.5. The lowest BCUT2D eigenvalue weighted by Gasteiger charge is -2.33. The van der Waals surface area contributed by atoms with Crippen LogP contribution in [0, 0.1) is 5.92 Å². The highest BCUT2D eigenvalue weighted by molar-refractivity contribution is 5.89. The van der Waals surface area contributed by atoms with E-state index in [-0.39, 0.29) is 12.0 Å². The van der Waals surface area contributed by atoms with Gasteiger partial charge in [0.05, 0.1) is 23.9 Å². The molecule has 0 aliphatic carbocycles. The maximum absolute atomic E-state index is 12.4. The van der Waals surface area contributed by atoms with Gasteiger partial charge >= 0.3 is 5.97 Å². The van der Waals surface area contributed by atoms with E-state index in [1.54, 1.807) is 6.92 Å². The molecule has 6 unspecified atom stereocenters. The van der Waals surface area contributed by atoms with Crippen molar-refractivity contribution in [2.45, 2.75) is 88.3 Å². The number of aliphatic hydroxyl groups excluding tert-OH is 2. The Bertz CT molecular complexity index is 585. The largest absolute Gasteiger partial charge is 0.453 e. The van der Waals surface area contributed by atoms with Crippen LogP contribution in [-0.4, -0.2) is 45.7 Å². The van der Waals surface area contributed by atoms with Crippen molar-refractivity contribution in [1.82, 2.24) is 0 Å². The number of hydrogen-bond donors (Lipinski definition) is 2. The number of rotatable bonds is 0. The first-order valence-electron chi connectivity index (χ1n) is 9.28. The summed E-state index contributed by atoms with van der Waals surface area (Å²) in [6, 6.07) is 0. The Kier molecular flexibility index (Phi) is 4.86. The normalized spacial score (nSPS) is 46.0. The molecule has 0 aromatic carbocycles. The number of ether oxygens (including phenoxy) is 2. The van der Waals surface area contributed by atoms with Crippen LogP contribution < -0.4 is 0 Å². The number of carbonyl (C=O) groups is 1. The number of carbonyl (C=O) groups excluding carboxylic acids is 1. The minimum Gasteiger partial charge on any atom is -0.453 e. The third-order valence-corrected chi connectivity index (χ3v) is 6.50. The van der Waals surface area contributed by atoms with Crippen molar-refractivity contribution < 1.29 is 24.5 Å². The van der Waals surface area contributed by atoms with Gasteiger partial charge in [-0.3, -0.25) is 0 Å². The van der Waals surface area contributed by atoms with Crippen LogP contribution in [-0.2, 0) is 14.3 Å². The molecule has 0 aromatic heterocycles. The van der Waals surface area contributed by atoms with Gasteiger partial charge < -0.3 is 19.7 Å². The topological polar surface area (TPSA) is 76.0 Å². The van der Waals surface area contributed by atoms with E-state index in [1.165, 1.54) is 0 Å². The monoisotopic (exact) mass is 350 g/mol. The first-order valence-corrected chi connectivity index (χ1v) is 9.28. The third kappa shape index (κ3) is 3.42. The molecule has 3 saturated heterocycles. The Morgan fingerprint density at radius 3 is 2.44 bits per heavy atom. The fourth-order valence-corrected chi connectivity index (χ4v) is 4.33. The SMILES string of the molecule is C=C1C(=O)OC2(C)CCC1CC(O)C1(C)CCC(O1)C(=C)CCC2O. The van der Waals surface area contributed by atoms with Crippen LogP contribution in [0.1, 0.15) is 58.8 Å². The van der Waals surface area contributed by atoms with Gasteiger partial charge in [-0.1, -0.05) is 13.2 Å². The van der Waals surface area contributed by atoms with E-state index in [9.17, 15) is 15.0 Å². The number of aliphatic hydroxyl groups is 2. The third-order valence-electron chi connectivity index (χ3n) is 6.50. The Morgan fingerprint density at radius 2 is 1.72 bits per heavy atom. The highest BCUT2D eigenvalue weighted by Crippen LogP contribution is 2.42. The zero-order valence-electron chi connectivity index (χ0n) is 15.3. The maximum atomic E-state index is 12.4. The van der Waals surface area contributed by atoms with E-state index >= 15 is 0 Å². The Labute approximate surface area is 149 Å². The standard InChI is InChI=1S/C20H30O5/c1-12-5-6-16(21)19(3)9-7-14(13(2)18(23)25-19)11-17(22)20(4)10-8-15(12)24-20/h14-17,21-22H,1-2,5-11H2,3-4H3. The summed E-state index contributed by atoms with van der Waals surface area (Å²) in [5.74, 6) is -0.637. The number of fused-ring (bicyclic) bond motifs is 5. The van der Waals surface area contributed by atoms with Crippen LogP contribution in [0.5, 0.6) is 0 Å². The van der Waals surface area contributed by atoms with Gasteiger partial charge in [-0.15, -0.1) is 0 Å². The molecular formula is C20H30O5. The highest BCUT2D eigenvalue weighted by Gasteiger charge is 2.47. The second kappa shape index (κ2) is 6.53. The van der Waals surface area contributed by atoms with Crippen molar-refractivity contribution in [2.75, 3.05) is 0 Å². The minimum absolute atomic E-state index is 0.0917. The Balaban J connectivity index is 1.93. The molecule has 25 heavy (non-hydrogen) atoms. The molecule has 3 rings (SSSR count). The summed E-state index contributed by atoms with van der Waals surface area (Å²) in [5.41, 5.74) is -0.256. The molecule has 5 heteroatoms. The zero-order chi connectivity index (χ0) is 18.4. The van der Waals surface area contributed by atoms with Crippen LogP contribution in [0.15, 0.2) is 24.3 Å². The second-order valence-corrected chi connectivity index (χ2v) is 8.39. The van der Waals surface area contributed by atoms with E-state index in [0.717, 1.165) is 18.4 Å². The maximum Gasteiger partial charge on any atom is 0.334 e. The summed E-state index contributed by atoms with van der Waals surface area (Å²) in [4.78, 5) is 12.4. The fourth-order valence-electron chi connectivity index (χ4n) is 4.33. The lowest BCUT2D eigenvalue weighted by Crippen LogP contribution is -2.43. The van der Waals surface area contributed by atoms with Crippen molar-refractivity contribution in [3.63, 3.8) is 0 Å². The molecule has 4 bridgehead atoms. The van der Waals surface area contributed by atoms with Gasteiger partial charge in [-0.05, 0) is 70.3 Å².